The topological polar surface area (TPSA) is 163 Å². The van der Waals surface area contributed by atoms with Crippen LogP contribution in [0.1, 0.15) is 35.2 Å². The third kappa shape index (κ3) is 6.64. The van der Waals surface area contributed by atoms with Crippen molar-refractivity contribution in [2.75, 3.05) is 42.3 Å². The second-order valence-corrected chi connectivity index (χ2v) is 10.4. The molecule has 12 nitrogen and oxygen atoms in total. The Morgan fingerprint density at radius 2 is 1.80 bits per heavy atom. The van der Waals surface area contributed by atoms with Crippen LogP contribution in [0.2, 0.25) is 0 Å². The molecule has 0 saturated carbocycles. The van der Waals surface area contributed by atoms with E-state index < -0.39 is 0 Å². The Morgan fingerprint density at radius 1 is 1.00 bits per heavy atom. The van der Waals surface area contributed by atoms with E-state index in [-0.39, 0.29) is 29.4 Å². The van der Waals surface area contributed by atoms with Crippen LogP contribution in [-0.2, 0) is 9.53 Å². The average molecular weight is 591 g/mol. The molecule has 2 aromatic heterocycles. The van der Waals surface area contributed by atoms with Crippen molar-refractivity contribution in [3.05, 3.63) is 83.8 Å². The van der Waals surface area contributed by atoms with E-state index >= 15 is 0 Å². The Kier molecular flexibility index (Phi) is 8.67. The van der Waals surface area contributed by atoms with Crippen molar-refractivity contribution in [2.45, 2.75) is 25.4 Å². The van der Waals surface area contributed by atoms with E-state index in [0.29, 0.717) is 52.5 Å². The Hall–Kier alpha value is -5.38. The number of nitrogens with one attached hydrogen (secondary N) is 4. The molecule has 0 spiro atoms. The molecule has 222 valence electrons. The number of hydrogen-bond acceptors (Lipinski definition) is 10. The van der Waals surface area contributed by atoms with Crippen LogP contribution >= 0.6 is 0 Å². The molecule has 12 heteroatoms. The first kappa shape index (κ1) is 28.7. The molecule has 2 aliphatic rings. The predicted molar refractivity (Wildman–Crippen MR) is 165 cm³/mol. The summed E-state index contributed by atoms with van der Waals surface area (Å²) in [6, 6.07) is 14.5. The molecule has 4 heterocycles. The first-order chi connectivity index (χ1) is 21.6. The highest BCUT2D eigenvalue weighted by Gasteiger charge is 2.23. The number of hydrogen-bond donors (Lipinski definition) is 4. The minimum Gasteiger partial charge on any atom is -0.486 e. The Bertz CT molecular complexity index is 1740. The van der Waals surface area contributed by atoms with Gasteiger partial charge in [-0.15, -0.1) is 0 Å². The van der Waals surface area contributed by atoms with Crippen molar-refractivity contribution in [3.8, 4) is 11.8 Å². The normalized spacial score (nSPS) is 16.2. The van der Waals surface area contributed by atoms with Gasteiger partial charge in [0.15, 0.2) is 0 Å². The van der Waals surface area contributed by atoms with Crippen LogP contribution in [0.5, 0.6) is 5.75 Å². The zero-order chi connectivity index (χ0) is 30.3. The first-order valence-electron chi connectivity index (χ1n) is 14.3. The number of piperidine rings is 1. The lowest BCUT2D eigenvalue weighted by Gasteiger charge is -2.19. The maximum absolute atomic E-state index is 13.2. The van der Waals surface area contributed by atoms with E-state index in [1.54, 1.807) is 42.5 Å². The Balaban J connectivity index is 1.30. The van der Waals surface area contributed by atoms with Crippen molar-refractivity contribution < 1.29 is 19.1 Å². The second-order valence-electron chi connectivity index (χ2n) is 10.4. The van der Waals surface area contributed by atoms with Crippen LogP contribution in [0, 0.1) is 11.3 Å². The number of ether oxygens (including phenoxy) is 2. The minimum atomic E-state index is -0.328. The molecule has 2 fully saturated rings. The van der Waals surface area contributed by atoms with Gasteiger partial charge in [0.2, 0.25) is 11.9 Å². The predicted octanol–water partition coefficient (Wildman–Crippen LogP) is 4.31. The van der Waals surface area contributed by atoms with Crippen LogP contribution in [0.4, 0.5) is 23.0 Å². The number of nitrogens with zero attached hydrogens (tertiary/aromatic N) is 4. The lowest BCUT2D eigenvalue weighted by molar-refractivity contribution is -0.112. The number of amides is 2. The monoisotopic (exact) mass is 590 g/mol. The van der Waals surface area contributed by atoms with E-state index in [1.165, 1.54) is 18.6 Å². The van der Waals surface area contributed by atoms with Gasteiger partial charge in [0, 0.05) is 29.6 Å². The minimum absolute atomic E-state index is 0.134. The van der Waals surface area contributed by atoms with Crippen molar-refractivity contribution >= 4 is 45.7 Å². The maximum atomic E-state index is 13.2. The molecular formula is C32H30N8O4. The summed E-state index contributed by atoms with van der Waals surface area (Å²) in [5.41, 5.74) is 3.64. The number of rotatable bonds is 8. The quantitative estimate of drug-likeness (QED) is 0.218. The lowest BCUT2D eigenvalue weighted by atomic mass is 10.0. The third-order valence-electron chi connectivity index (χ3n) is 7.31. The van der Waals surface area contributed by atoms with Gasteiger partial charge in [-0.1, -0.05) is 23.8 Å². The molecule has 1 unspecified atom stereocenters. The fraction of sp³-hybridized carbons (Fsp3) is 0.250. The van der Waals surface area contributed by atoms with Gasteiger partial charge >= 0.3 is 0 Å². The maximum Gasteiger partial charge on any atom is 0.258 e. The summed E-state index contributed by atoms with van der Waals surface area (Å²) in [5.74, 6) is 0.00000415. The summed E-state index contributed by atoms with van der Waals surface area (Å²) >= 11 is 0. The molecule has 2 saturated heterocycles. The van der Waals surface area contributed by atoms with Gasteiger partial charge in [0.1, 0.15) is 23.6 Å². The smallest absolute Gasteiger partial charge is 0.258 e. The van der Waals surface area contributed by atoms with Gasteiger partial charge in [-0.2, -0.15) is 5.26 Å². The highest BCUT2D eigenvalue weighted by molar-refractivity contribution is 6.10. The zero-order valence-electron chi connectivity index (χ0n) is 23.8. The van der Waals surface area contributed by atoms with Gasteiger partial charge in [0.05, 0.1) is 48.1 Å². The molecule has 2 amide bonds. The van der Waals surface area contributed by atoms with Crippen LogP contribution in [0.15, 0.2) is 72.7 Å². The number of benzene rings is 2. The number of carbonyl (C=O) groups excluding carboxylic acids is 2. The SMILES string of the molecule is N#Cc1cnc2c(NC(=O)C=C3CCNCC3)c(OC3CCOC3)ccc2c1Nc1cnc(NC(=O)c2ccccc2)nc1. The van der Waals surface area contributed by atoms with Gasteiger partial charge in [-0.25, -0.2) is 9.97 Å². The number of nitriles is 1. The number of pyridine rings is 1. The fourth-order valence-corrected chi connectivity index (χ4v) is 5.07. The van der Waals surface area contributed by atoms with Gasteiger partial charge in [-0.05, 0) is 50.2 Å². The number of aromatic nitrogens is 3. The Labute approximate surface area is 253 Å². The average Bonchev–Trinajstić information content (AvgIpc) is 3.57. The summed E-state index contributed by atoms with van der Waals surface area (Å²) in [6.45, 7) is 2.73. The highest BCUT2D eigenvalue weighted by atomic mass is 16.5. The molecule has 2 aromatic carbocycles. The van der Waals surface area contributed by atoms with E-state index in [1.807, 2.05) is 6.07 Å². The number of carbonyl (C=O) groups is 2. The van der Waals surface area contributed by atoms with Gasteiger partial charge in [-0.3, -0.25) is 19.9 Å². The molecule has 0 radical (unpaired) electrons. The summed E-state index contributed by atoms with van der Waals surface area (Å²) in [4.78, 5) is 38.7. The summed E-state index contributed by atoms with van der Waals surface area (Å²) in [6.07, 6.45) is 8.29. The van der Waals surface area contributed by atoms with Crippen molar-refractivity contribution in [1.29, 1.82) is 5.26 Å². The Morgan fingerprint density at radius 3 is 2.52 bits per heavy atom. The van der Waals surface area contributed by atoms with E-state index in [2.05, 4.69) is 42.3 Å². The first-order valence-corrected chi connectivity index (χ1v) is 14.3. The molecule has 4 aromatic rings. The molecule has 4 N–H and O–H groups in total. The molecule has 0 bridgehead atoms. The molecule has 0 aliphatic carbocycles. The largest absolute Gasteiger partial charge is 0.486 e. The van der Waals surface area contributed by atoms with Crippen LogP contribution in [0.25, 0.3) is 10.9 Å². The fourth-order valence-electron chi connectivity index (χ4n) is 5.07. The third-order valence-corrected chi connectivity index (χ3v) is 7.31. The van der Waals surface area contributed by atoms with Crippen molar-refractivity contribution in [1.82, 2.24) is 20.3 Å². The summed E-state index contributed by atoms with van der Waals surface area (Å²) in [7, 11) is 0. The van der Waals surface area contributed by atoms with Gasteiger partial charge in [0.25, 0.3) is 5.91 Å². The van der Waals surface area contributed by atoms with Crippen LogP contribution in [0.3, 0.4) is 0 Å². The molecule has 1 atom stereocenters. The van der Waals surface area contributed by atoms with Crippen LogP contribution < -0.4 is 26.0 Å². The van der Waals surface area contributed by atoms with E-state index in [9.17, 15) is 14.9 Å². The van der Waals surface area contributed by atoms with E-state index in [4.69, 9.17) is 9.47 Å². The lowest BCUT2D eigenvalue weighted by Crippen LogP contribution is -2.24. The second kappa shape index (κ2) is 13.3. The van der Waals surface area contributed by atoms with Crippen molar-refractivity contribution in [3.63, 3.8) is 0 Å². The molecular weight excluding hydrogens is 560 g/mol. The number of anilines is 4. The summed E-state index contributed by atoms with van der Waals surface area (Å²) < 4.78 is 11.7. The van der Waals surface area contributed by atoms with Gasteiger partial charge < -0.3 is 25.4 Å². The number of fused-ring (bicyclic) bond motifs is 1. The van der Waals surface area contributed by atoms with E-state index in [0.717, 1.165) is 37.9 Å². The zero-order valence-corrected chi connectivity index (χ0v) is 23.8. The molecule has 44 heavy (non-hydrogen) atoms. The molecule has 6 rings (SSSR count). The standard InChI is InChI=1S/C32H30N8O4/c33-15-22-16-35-29-25(28(22)38-23-17-36-32(37-18-23)40-31(42)21-4-2-1-3-5-21)6-7-26(44-24-10-13-43-19-24)30(29)39-27(41)14-20-8-11-34-12-9-20/h1-7,14,16-18,24,34H,8-13,19H2,(H,35,38)(H,39,41)(H,36,37,40,42). The van der Waals surface area contributed by atoms with Crippen LogP contribution in [-0.4, -0.2) is 59.2 Å². The molecule has 2 aliphatic heterocycles. The van der Waals surface area contributed by atoms with Crippen molar-refractivity contribution in [2.24, 2.45) is 0 Å². The summed E-state index contributed by atoms with van der Waals surface area (Å²) in [5, 5.41) is 22.7. The highest BCUT2D eigenvalue weighted by Crippen LogP contribution is 2.38.